The lowest BCUT2D eigenvalue weighted by Gasteiger charge is -2.25. The quantitative estimate of drug-likeness (QED) is 0.713. The van der Waals surface area contributed by atoms with Crippen molar-refractivity contribution in [2.24, 2.45) is 0 Å². The van der Waals surface area contributed by atoms with Crippen molar-refractivity contribution >= 4 is 0 Å². The average Bonchev–Trinajstić information content (AvgIpc) is 2.85. The maximum Gasteiger partial charge on any atom is 0.0949 e. The summed E-state index contributed by atoms with van der Waals surface area (Å²) in [5.41, 5.74) is 3.53. The predicted molar refractivity (Wildman–Crippen MR) is 55.4 cm³/mol. The van der Waals surface area contributed by atoms with Crippen LogP contribution in [0.4, 0.5) is 0 Å². The number of imidazole rings is 1. The second kappa shape index (κ2) is 3.20. The molecule has 1 aliphatic rings. The third kappa shape index (κ3) is 1.27. The van der Waals surface area contributed by atoms with Gasteiger partial charge in [-0.05, 0) is 6.92 Å². The SMILES string of the molecule is Cc1[nH]ncc1C1NCCn2cncc21. The molecule has 78 valence electrons. The standard InChI is InChI=1S/C10H13N5/c1-7-8(4-13-14-7)10-9-5-11-6-15(9)3-2-12-10/h4-6,10,12H,2-3H2,1H3,(H,13,14). The van der Waals surface area contributed by atoms with E-state index in [1.807, 2.05) is 25.6 Å². The maximum absolute atomic E-state index is 4.19. The van der Waals surface area contributed by atoms with Gasteiger partial charge in [0.2, 0.25) is 0 Å². The Morgan fingerprint density at radius 1 is 1.47 bits per heavy atom. The smallest absolute Gasteiger partial charge is 0.0949 e. The molecule has 0 saturated carbocycles. The average molecular weight is 203 g/mol. The molecule has 5 heteroatoms. The lowest BCUT2D eigenvalue weighted by Crippen LogP contribution is -2.33. The van der Waals surface area contributed by atoms with Gasteiger partial charge in [0.05, 0.1) is 30.5 Å². The fourth-order valence-electron chi connectivity index (χ4n) is 2.11. The molecule has 1 unspecified atom stereocenters. The summed E-state index contributed by atoms with van der Waals surface area (Å²) in [5.74, 6) is 0. The summed E-state index contributed by atoms with van der Waals surface area (Å²) in [5, 5.41) is 10.5. The van der Waals surface area contributed by atoms with Gasteiger partial charge >= 0.3 is 0 Å². The Balaban J connectivity index is 2.07. The third-order valence-corrected chi connectivity index (χ3v) is 2.92. The molecule has 15 heavy (non-hydrogen) atoms. The van der Waals surface area contributed by atoms with E-state index < -0.39 is 0 Å². The van der Waals surface area contributed by atoms with Crippen LogP contribution in [0.1, 0.15) is 23.0 Å². The first kappa shape index (κ1) is 8.67. The minimum absolute atomic E-state index is 0.222. The largest absolute Gasteiger partial charge is 0.332 e. The van der Waals surface area contributed by atoms with Crippen molar-refractivity contribution in [1.29, 1.82) is 0 Å². The summed E-state index contributed by atoms with van der Waals surface area (Å²) < 4.78 is 2.19. The van der Waals surface area contributed by atoms with Crippen molar-refractivity contribution in [3.63, 3.8) is 0 Å². The number of hydrogen-bond acceptors (Lipinski definition) is 3. The second-order valence-electron chi connectivity index (χ2n) is 3.85. The Kier molecular flexibility index (Phi) is 1.85. The maximum atomic E-state index is 4.19. The van der Waals surface area contributed by atoms with Crippen LogP contribution in [-0.4, -0.2) is 26.3 Å². The number of H-pyrrole nitrogens is 1. The van der Waals surface area contributed by atoms with Gasteiger partial charge in [0.25, 0.3) is 0 Å². The molecule has 1 aliphatic heterocycles. The van der Waals surface area contributed by atoms with Crippen molar-refractivity contribution in [2.75, 3.05) is 6.54 Å². The molecule has 0 aromatic carbocycles. The molecular formula is C10H13N5. The molecule has 0 saturated heterocycles. The van der Waals surface area contributed by atoms with Gasteiger partial charge in [-0.2, -0.15) is 5.10 Å². The summed E-state index contributed by atoms with van der Waals surface area (Å²) in [7, 11) is 0. The van der Waals surface area contributed by atoms with Gasteiger partial charge in [-0.25, -0.2) is 4.98 Å². The Hall–Kier alpha value is -1.62. The fourth-order valence-corrected chi connectivity index (χ4v) is 2.11. The van der Waals surface area contributed by atoms with E-state index >= 15 is 0 Å². The first-order chi connectivity index (χ1) is 7.36. The van der Waals surface area contributed by atoms with Crippen molar-refractivity contribution < 1.29 is 0 Å². The zero-order valence-corrected chi connectivity index (χ0v) is 8.57. The number of fused-ring (bicyclic) bond motifs is 1. The van der Waals surface area contributed by atoms with E-state index in [4.69, 9.17) is 0 Å². The Bertz CT molecular complexity index is 470. The summed E-state index contributed by atoms with van der Waals surface area (Å²) in [6.07, 6.45) is 5.69. The van der Waals surface area contributed by atoms with Crippen LogP contribution in [0.2, 0.25) is 0 Å². The summed E-state index contributed by atoms with van der Waals surface area (Å²) in [6, 6.07) is 0.222. The minimum atomic E-state index is 0.222. The van der Waals surface area contributed by atoms with Crippen LogP contribution in [0.25, 0.3) is 0 Å². The van der Waals surface area contributed by atoms with Gasteiger partial charge < -0.3 is 9.88 Å². The van der Waals surface area contributed by atoms with E-state index in [0.29, 0.717) is 0 Å². The lowest BCUT2D eigenvalue weighted by atomic mass is 10.0. The van der Waals surface area contributed by atoms with Crippen LogP contribution >= 0.6 is 0 Å². The highest BCUT2D eigenvalue weighted by atomic mass is 15.2. The van der Waals surface area contributed by atoms with E-state index in [0.717, 1.165) is 18.8 Å². The zero-order chi connectivity index (χ0) is 10.3. The normalized spacial score (nSPS) is 20.2. The molecule has 3 heterocycles. The number of nitrogens with one attached hydrogen (secondary N) is 2. The zero-order valence-electron chi connectivity index (χ0n) is 8.57. The van der Waals surface area contributed by atoms with Crippen LogP contribution in [0, 0.1) is 6.92 Å². The molecular weight excluding hydrogens is 190 g/mol. The molecule has 2 N–H and O–H groups in total. The van der Waals surface area contributed by atoms with Crippen LogP contribution < -0.4 is 5.32 Å². The molecule has 5 nitrogen and oxygen atoms in total. The van der Waals surface area contributed by atoms with E-state index in [1.54, 1.807) is 0 Å². The molecule has 0 amide bonds. The monoisotopic (exact) mass is 203 g/mol. The Morgan fingerprint density at radius 3 is 3.20 bits per heavy atom. The fraction of sp³-hybridized carbons (Fsp3) is 0.400. The molecule has 2 aromatic heterocycles. The van der Waals surface area contributed by atoms with Gasteiger partial charge in [0.15, 0.2) is 0 Å². The molecule has 3 rings (SSSR count). The summed E-state index contributed by atoms with van der Waals surface area (Å²) >= 11 is 0. The van der Waals surface area contributed by atoms with Crippen LogP contribution in [0.15, 0.2) is 18.7 Å². The lowest BCUT2D eigenvalue weighted by molar-refractivity contribution is 0.466. The van der Waals surface area contributed by atoms with Crippen LogP contribution in [-0.2, 0) is 6.54 Å². The van der Waals surface area contributed by atoms with E-state index in [-0.39, 0.29) is 6.04 Å². The molecule has 0 radical (unpaired) electrons. The minimum Gasteiger partial charge on any atom is -0.332 e. The van der Waals surface area contributed by atoms with E-state index in [1.165, 1.54) is 11.3 Å². The first-order valence-corrected chi connectivity index (χ1v) is 5.09. The molecule has 0 fully saturated rings. The van der Waals surface area contributed by atoms with Crippen molar-refractivity contribution in [3.8, 4) is 0 Å². The predicted octanol–water partition coefficient (Wildman–Crippen LogP) is 0.607. The Labute approximate surface area is 87.5 Å². The molecule has 0 aliphatic carbocycles. The molecule has 2 aromatic rings. The number of aromatic nitrogens is 4. The highest BCUT2D eigenvalue weighted by Crippen LogP contribution is 2.25. The number of rotatable bonds is 1. The van der Waals surface area contributed by atoms with Crippen LogP contribution in [0.5, 0.6) is 0 Å². The number of aromatic amines is 1. The number of nitrogens with zero attached hydrogens (tertiary/aromatic N) is 3. The number of aryl methyl sites for hydroxylation is 1. The molecule has 0 spiro atoms. The van der Waals surface area contributed by atoms with Gasteiger partial charge in [0.1, 0.15) is 0 Å². The first-order valence-electron chi connectivity index (χ1n) is 5.09. The molecule has 0 bridgehead atoms. The topological polar surface area (TPSA) is 58.5 Å². The van der Waals surface area contributed by atoms with Crippen molar-refractivity contribution in [2.45, 2.75) is 19.5 Å². The Morgan fingerprint density at radius 2 is 2.40 bits per heavy atom. The summed E-state index contributed by atoms with van der Waals surface area (Å²) in [4.78, 5) is 4.19. The van der Waals surface area contributed by atoms with Crippen molar-refractivity contribution in [3.05, 3.63) is 35.7 Å². The van der Waals surface area contributed by atoms with Gasteiger partial charge in [0, 0.05) is 24.3 Å². The highest BCUT2D eigenvalue weighted by Gasteiger charge is 2.23. The van der Waals surface area contributed by atoms with E-state index in [9.17, 15) is 0 Å². The number of hydrogen-bond donors (Lipinski definition) is 2. The third-order valence-electron chi connectivity index (χ3n) is 2.92. The molecule has 1 atom stereocenters. The van der Waals surface area contributed by atoms with Crippen LogP contribution in [0.3, 0.4) is 0 Å². The van der Waals surface area contributed by atoms with Crippen molar-refractivity contribution in [1.82, 2.24) is 25.1 Å². The summed E-state index contributed by atoms with van der Waals surface area (Å²) in [6.45, 7) is 4.00. The van der Waals surface area contributed by atoms with E-state index in [2.05, 4.69) is 25.1 Å². The highest BCUT2D eigenvalue weighted by molar-refractivity contribution is 5.28. The van der Waals surface area contributed by atoms with Gasteiger partial charge in [-0.15, -0.1) is 0 Å². The van der Waals surface area contributed by atoms with Gasteiger partial charge in [-0.1, -0.05) is 0 Å². The second-order valence-corrected chi connectivity index (χ2v) is 3.85. The van der Waals surface area contributed by atoms with Gasteiger partial charge in [-0.3, -0.25) is 5.10 Å².